The highest BCUT2D eigenvalue weighted by Crippen LogP contribution is 2.43. The van der Waals surface area contributed by atoms with E-state index in [1.807, 2.05) is 0 Å². The van der Waals surface area contributed by atoms with Gasteiger partial charge < -0.3 is 9.84 Å². The van der Waals surface area contributed by atoms with Gasteiger partial charge in [-0.15, -0.1) is 0 Å². The van der Waals surface area contributed by atoms with Crippen LogP contribution in [0.2, 0.25) is 0 Å². The van der Waals surface area contributed by atoms with Gasteiger partial charge in [0.25, 0.3) is 0 Å². The fraction of sp³-hybridized carbons (Fsp3) is 0.700. The van der Waals surface area contributed by atoms with Gasteiger partial charge in [-0.05, 0) is 12.3 Å². The summed E-state index contributed by atoms with van der Waals surface area (Å²) in [5.74, 6) is 0.302. The van der Waals surface area contributed by atoms with Crippen LogP contribution in [0.25, 0.3) is 0 Å². The number of cyclic esters (lactones) is 1. The first kappa shape index (κ1) is 8.75. The quantitative estimate of drug-likeness (QED) is 0.444. The number of aliphatic hydroxyl groups excluding tert-OH is 1. The zero-order chi connectivity index (χ0) is 9.59. The number of ether oxygens (including phenoxy) is 1. The van der Waals surface area contributed by atoms with Gasteiger partial charge in [0, 0.05) is 17.4 Å². The van der Waals surface area contributed by atoms with Crippen LogP contribution in [0.15, 0.2) is 12.2 Å². The van der Waals surface area contributed by atoms with E-state index in [2.05, 4.69) is 13.5 Å². The Hall–Kier alpha value is -0.830. The minimum atomic E-state index is -0.402. The van der Waals surface area contributed by atoms with Gasteiger partial charge in [0.15, 0.2) is 0 Å². The molecule has 0 aromatic heterocycles. The van der Waals surface area contributed by atoms with Crippen LogP contribution < -0.4 is 0 Å². The Morgan fingerprint density at radius 3 is 3.00 bits per heavy atom. The van der Waals surface area contributed by atoms with E-state index < -0.39 is 6.10 Å². The van der Waals surface area contributed by atoms with Crippen molar-refractivity contribution in [2.24, 2.45) is 17.8 Å². The first-order valence-electron chi connectivity index (χ1n) is 4.65. The lowest BCUT2D eigenvalue weighted by Crippen LogP contribution is -2.35. The van der Waals surface area contributed by atoms with Crippen LogP contribution >= 0.6 is 0 Å². The maximum absolute atomic E-state index is 11.2. The SMILES string of the molecule is C=C1C(=O)OC[C@H]2[C@@H]1[C@@H](O)C[C@@H]2C. The Bertz CT molecular complexity index is 259. The van der Waals surface area contributed by atoms with E-state index in [1.165, 1.54) is 0 Å². The maximum Gasteiger partial charge on any atom is 0.333 e. The monoisotopic (exact) mass is 182 g/mol. The first-order valence-corrected chi connectivity index (χ1v) is 4.65. The van der Waals surface area contributed by atoms with E-state index in [1.54, 1.807) is 0 Å². The molecule has 3 heteroatoms. The molecular formula is C10H14O3. The summed E-state index contributed by atoms with van der Waals surface area (Å²) in [7, 11) is 0. The fourth-order valence-corrected chi connectivity index (χ4v) is 2.50. The van der Waals surface area contributed by atoms with Gasteiger partial charge in [-0.3, -0.25) is 0 Å². The Balaban J connectivity index is 2.25. The Kier molecular flexibility index (Phi) is 1.91. The second kappa shape index (κ2) is 2.84. The van der Waals surface area contributed by atoms with Crippen LogP contribution in [0, 0.1) is 17.8 Å². The van der Waals surface area contributed by atoms with Crippen LogP contribution in [0.3, 0.4) is 0 Å². The maximum atomic E-state index is 11.2. The minimum Gasteiger partial charge on any atom is -0.462 e. The van der Waals surface area contributed by atoms with Crippen molar-refractivity contribution in [3.8, 4) is 0 Å². The predicted molar refractivity (Wildman–Crippen MR) is 46.9 cm³/mol. The van der Waals surface area contributed by atoms with Crippen molar-refractivity contribution in [1.29, 1.82) is 0 Å². The van der Waals surface area contributed by atoms with E-state index in [9.17, 15) is 9.90 Å². The largest absolute Gasteiger partial charge is 0.462 e. The summed E-state index contributed by atoms with van der Waals surface area (Å²) in [6.07, 6.45) is 0.352. The second-order valence-corrected chi connectivity index (χ2v) is 4.09. The summed E-state index contributed by atoms with van der Waals surface area (Å²) in [5.41, 5.74) is 0.452. The molecule has 0 aromatic carbocycles. The average Bonchev–Trinajstić information content (AvgIpc) is 2.35. The van der Waals surface area contributed by atoms with Crippen molar-refractivity contribution in [3.63, 3.8) is 0 Å². The van der Waals surface area contributed by atoms with Crippen molar-refractivity contribution < 1.29 is 14.6 Å². The second-order valence-electron chi connectivity index (χ2n) is 4.09. The van der Waals surface area contributed by atoms with Crippen molar-refractivity contribution >= 4 is 5.97 Å². The van der Waals surface area contributed by atoms with Gasteiger partial charge >= 0.3 is 5.97 Å². The van der Waals surface area contributed by atoms with Crippen LogP contribution in [-0.4, -0.2) is 23.8 Å². The molecule has 0 unspecified atom stereocenters. The van der Waals surface area contributed by atoms with Crippen LogP contribution in [0.4, 0.5) is 0 Å². The third kappa shape index (κ3) is 1.18. The number of hydrogen-bond donors (Lipinski definition) is 1. The molecular weight excluding hydrogens is 168 g/mol. The molecule has 0 bridgehead atoms. The molecule has 2 fully saturated rings. The summed E-state index contributed by atoms with van der Waals surface area (Å²) in [5, 5.41) is 9.71. The molecule has 4 atom stereocenters. The van der Waals surface area contributed by atoms with Gasteiger partial charge in [-0.2, -0.15) is 0 Å². The standard InChI is InChI=1S/C10H14O3/c1-5-3-8(11)9-6(2)10(12)13-4-7(5)9/h5,7-9,11H,2-4H2,1H3/t5-,7+,8-,9+/m0/s1. The van der Waals surface area contributed by atoms with E-state index in [0.29, 0.717) is 18.1 Å². The molecule has 13 heavy (non-hydrogen) atoms. The summed E-state index contributed by atoms with van der Waals surface area (Å²) in [4.78, 5) is 11.2. The van der Waals surface area contributed by atoms with E-state index in [4.69, 9.17) is 4.74 Å². The van der Waals surface area contributed by atoms with Gasteiger partial charge in [-0.25, -0.2) is 4.79 Å². The third-order valence-electron chi connectivity index (χ3n) is 3.29. The van der Waals surface area contributed by atoms with Crippen LogP contribution in [-0.2, 0) is 9.53 Å². The summed E-state index contributed by atoms with van der Waals surface area (Å²) in [6, 6.07) is 0. The van der Waals surface area contributed by atoms with Gasteiger partial charge in [0.05, 0.1) is 12.7 Å². The molecule has 3 nitrogen and oxygen atoms in total. The molecule has 1 N–H and O–H groups in total. The van der Waals surface area contributed by atoms with Crippen LogP contribution in [0.1, 0.15) is 13.3 Å². The van der Waals surface area contributed by atoms with E-state index >= 15 is 0 Å². The molecule has 1 saturated heterocycles. The molecule has 1 aliphatic carbocycles. The smallest absolute Gasteiger partial charge is 0.333 e. The molecule has 1 aliphatic heterocycles. The van der Waals surface area contributed by atoms with E-state index in [0.717, 1.165) is 6.42 Å². The first-order chi connectivity index (χ1) is 6.11. The molecule has 0 amide bonds. The Labute approximate surface area is 77.4 Å². The summed E-state index contributed by atoms with van der Waals surface area (Å²) >= 11 is 0. The number of rotatable bonds is 0. The van der Waals surface area contributed by atoms with Crippen molar-refractivity contribution in [1.82, 2.24) is 0 Å². The summed E-state index contributed by atoms with van der Waals surface area (Å²) in [6.45, 7) is 6.22. The van der Waals surface area contributed by atoms with E-state index in [-0.39, 0.29) is 17.8 Å². The number of esters is 1. The zero-order valence-electron chi connectivity index (χ0n) is 7.69. The van der Waals surface area contributed by atoms with Crippen molar-refractivity contribution in [2.45, 2.75) is 19.4 Å². The van der Waals surface area contributed by atoms with Gasteiger partial charge in [0.2, 0.25) is 0 Å². The number of fused-ring (bicyclic) bond motifs is 1. The van der Waals surface area contributed by atoms with Gasteiger partial charge in [-0.1, -0.05) is 13.5 Å². The third-order valence-corrected chi connectivity index (χ3v) is 3.29. The predicted octanol–water partition coefficient (Wildman–Crippen LogP) is 0.732. The topological polar surface area (TPSA) is 46.5 Å². The molecule has 2 aliphatic rings. The fourth-order valence-electron chi connectivity index (χ4n) is 2.50. The average molecular weight is 182 g/mol. The number of carbonyl (C=O) groups excluding carboxylic acids is 1. The van der Waals surface area contributed by atoms with Crippen molar-refractivity contribution in [3.05, 3.63) is 12.2 Å². The minimum absolute atomic E-state index is 0.0590. The normalized spacial score (nSPS) is 44.5. The highest BCUT2D eigenvalue weighted by Gasteiger charge is 2.46. The number of aliphatic hydroxyl groups is 1. The van der Waals surface area contributed by atoms with Crippen LogP contribution in [0.5, 0.6) is 0 Å². The van der Waals surface area contributed by atoms with Crippen molar-refractivity contribution in [2.75, 3.05) is 6.61 Å². The lowest BCUT2D eigenvalue weighted by Gasteiger charge is -2.29. The highest BCUT2D eigenvalue weighted by molar-refractivity contribution is 5.89. The molecule has 72 valence electrons. The lowest BCUT2D eigenvalue weighted by molar-refractivity contribution is -0.146. The lowest BCUT2D eigenvalue weighted by atomic mass is 9.84. The van der Waals surface area contributed by atoms with Gasteiger partial charge in [0.1, 0.15) is 0 Å². The Morgan fingerprint density at radius 1 is 1.62 bits per heavy atom. The molecule has 0 aromatic rings. The highest BCUT2D eigenvalue weighted by atomic mass is 16.5. The number of carbonyl (C=O) groups is 1. The summed E-state index contributed by atoms with van der Waals surface area (Å²) < 4.78 is 4.97. The zero-order valence-corrected chi connectivity index (χ0v) is 7.69. The molecule has 1 saturated carbocycles. The number of hydrogen-bond acceptors (Lipinski definition) is 3. The Morgan fingerprint density at radius 2 is 2.31 bits per heavy atom. The molecule has 2 rings (SSSR count). The molecule has 1 heterocycles. The molecule has 0 spiro atoms. The molecule has 0 radical (unpaired) electrons.